The van der Waals surface area contributed by atoms with Crippen molar-refractivity contribution in [2.24, 2.45) is 10.9 Å². The maximum Gasteiger partial charge on any atom is 0.222 e. The molecular formula is C26H28Cl2N4O2. The van der Waals surface area contributed by atoms with Crippen LogP contribution in [0.2, 0.25) is 5.02 Å². The number of aliphatic imine (C=N–C) groups is 1. The number of aryl methyl sites for hydroxylation is 1. The average molecular weight is 499 g/mol. The van der Waals surface area contributed by atoms with Crippen molar-refractivity contribution in [2.75, 3.05) is 0 Å². The Morgan fingerprint density at radius 1 is 1.29 bits per heavy atom. The smallest absolute Gasteiger partial charge is 0.222 e. The average Bonchev–Trinajstić information content (AvgIpc) is 2.79. The van der Waals surface area contributed by atoms with Gasteiger partial charge in [-0.25, -0.2) is 4.98 Å². The Balaban J connectivity index is 1.97. The van der Waals surface area contributed by atoms with Crippen LogP contribution in [0.5, 0.6) is 5.75 Å². The van der Waals surface area contributed by atoms with Crippen molar-refractivity contribution in [3.05, 3.63) is 69.1 Å². The van der Waals surface area contributed by atoms with Gasteiger partial charge in [-0.2, -0.15) is 0 Å². The molecule has 3 aromatic rings. The predicted molar refractivity (Wildman–Crippen MR) is 139 cm³/mol. The lowest BCUT2D eigenvalue weighted by Crippen LogP contribution is -2.27. The van der Waals surface area contributed by atoms with Crippen molar-refractivity contribution >= 4 is 51.9 Å². The largest absolute Gasteiger partial charge is 0.487 e. The number of hydrogen-bond acceptors (Lipinski definition) is 5. The molecule has 0 spiro atoms. The number of halogens is 2. The van der Waals surface area contributed by atoms with Gasteiger partial charge in [0.15, 0.2) is 0 Å². The van der Waals surface area contributed by atoms with Crippen LogP contribution in [0.4, 0.5) is 0 Å². The van der Waals surface area contributed by atoms with Crippen molar-refractivity contribution in [3.8, 4) is 5.75 Å². The number of para-hydroxylation sites is 1. The number of fused-ring (bicyclic) bond motifs is 1. The number of hydrogen-bond donors (Lipinski definition) is 1. The standard InChI is InChI=1S/C26H28Cl2N4O2/c1-6-30-24(17(5)27)20-10-16(4)32-25-19(20)8-7-9-23(25)34-14-21-18(11-29-13-22(21)28)12-31-26(33)15(2)3/h6-11,13,15H,12,14H2,1-5H3,(H,31,33)/b24-17+,30-6-. The second-order valence-electron chi connectivity index (χ2n) is 8.15. The third-order valence-electron chi connectivity index (χ3n) is 5.21. The second kappa shape index (κ2) is 11.4. The van der Waals surface area contributed by atoms with Crippen LogP contribution in [0.15, 0.2) is 46.7 Å². The van der Waals surface area contributed by atoms with Crippen molar-refractivity contribution in [1.29, 1.82) is 0 Å². The van der Waals surface area contributed by atoms with Crippen molar-refractivity contribution < 1.29 is 9.53 Å². The number of carbonyl (C=O) groups excluding carboxylic acids is 1. The van der Waals surface area contributed by atoms with E-state index < -0.39 is 0 Å². The first-order chi connectivity index (χ1) is 16.2. The fraction of sp³-hybridized carbons (Fsp3) is 0.308. The quantitative estimate of drug-likeness (QED) is 0.361. The molecule has 6 nitrogen and oxygen atoms in total. The van der Waals surface area contributed by atoms with E-state index in [1.165, 1.54) is 0 Å². The molecule has 0 saturated carbocycles. The van der Waals surface area contributed by atoms with E-state index in [2.05, 4.69) is 15.3 Å². The van der Waals surface area contributed by atoms with Crippen molar-refractivity contribution in [1.82, 2.24) is 15.3 Å². The first kappa shape index (κ1) is 25.7. The number of ether oxygens (including phenoxy) is 1. The molecule has 0 fully saturated rings. The normalized spacial score (nSPS) is 12.4. The fourth-order valence-corrected chi connectivity index (χ4v) is 3.87. The molecule has 0 bridgehead atoms. The molecule has 0 aliphatic heterocycles. The Labute approximate surface area is 210 Å². The van der Waals surface area contributed by atoms with E-state index in [1.54, 1.807) is 18.6 Å². The SMILES string of the molecule is C/C=N\C(=C(/C)Cl)c1cc(C)nc2c(OCc3c(Cl)cncc3CNC(=O)C(C)C)cccc12. The summed E-state index contributed by atoms with van der Waals surface area (Å²) in [5.74, 6) is 0.458. The van der Waals surface area contributed by atoms with Gasteiger partial charge in [0.2, 0.25) is 5.91 Å². The molecule has 1 N–H and O–H groups in total. The molecule has 0 saturated heterocycles. The highest BCUT2D eigenvalue weighted by atomic mass is 35.5. The Morgan fingerprint density at radius 2 is 2.06 bits per heavy atom. The highest BCUT2D eigenvalue weighted by molar-refractivity contribution is 6.32. The lowest BCUT2D eigenvalue weighted by atomic mass is 10.0. The van der Waals surface area contributed by atoms with E-state index in [1.807, 2.05) is 58.9 Å². The summed E-state index contributed by atoms with van der Waals surface area (Å²) >= 11 is 12.8. The zero-order valence-corrected chi connectivity index (χ0v) is 21.5. The molecular weight excluding hydrogens is 471 g/mol. The van der Waals surface area contributed by atoms with E-state index >= 15 is 0 Å². The van der Waals surface area contributed by atoms with Crippen LogP contribution in [0.1, 0.15) is 50.1 Å². The molecule has 2 aromatic heterocycles. The molecule has 0 aliphatic carbocycles. The number of nitrogens with zero attached hydrogens (tertiary/aromatic N) is 3. The molecule has 178 valence electrons. The third kappa shape index (κ3) is 5.93. The minimum atomic E-state index is -0.112. The summed E-state index contributed by atoms with van der Waals surface area (Å²) in [7, 11) is 0. The first-order valence-corrected chi connectivity index (χ1v) is 11.8. The van der Waals surface area contributed by atoms with E-state index in [0.29, 0.717) is 33.6 Å². The van der Waals surface area contributed by atoms with Crippen LogP contribution in [-0.4, -0.2) is 22.1 Å². The summed E-state index contributed by atoms with van der Waals surface area (Å²) in [6.45, 7) is 9.79. The van der Waals surface area contributed by atoms with Gasteiger partial charge < -0.3 is 10.1 Å². The van der Waals surface area contributed by atoms with E-state index in [9.17, 15) is 4.79 Å². The molecule has 1 aromatic carbocycles. The zero-order chi connectivity index (χ0) is 24.8. The molecule has 0 radical (unpaired) electrons. The van der Waals surface area contributed by atoms with Crippen LogP contribution in [-0.2, 0) is 17.9 Å². The molecule has 8 heteroatoms. The number of amides is 1. The molecule has 0 aliphatic rings. The highest BCUT2D eigenvalue weighted by Crippen LogP contribution is 2.34. The summed E-state index contributed by atoms with van der Waals surface area (Å²) in [6, 6.07) is 7.72. The van der Waals surface area contributed by atoms with Gasteiger partial charge in [0, 0.05) is 58.3 Å². The van der Waals surface area contributed by atoms with Crippen LogP contribution < -0.4 is 10.1 Å². The number of nitrogens with one attached hydrogen (secondary N) is 1. The monoisotopic (exact) mass is 498 g/mol. The maximum atomic E-state index is 12.0. The Bertz CT molecular complexity index is 1270. The molecule has 2 heterocycles. The minimum Gasteiger partial charge on any atom is -0.487 e. The number of benzene rings is 1. The Hall–Kier alpha value is -2.96. The number of rotatable bonds is 8. The van der Waals surface area contributed by atoms with E-state index in [-0.39, 0.29) is 18.4 Å². The lowest BCUT2D eigenvalue weighted by Gasteiger charge is -2.16. The molecule has 0 unspecified atom stereocenters. The zero-order valence-electron chi connectivity index (χ0n) is 19.9. The number of allylic oxidation sites excluding steroid dienone is 1. The summed E-state index contributed by atoms with van der Waals surface area (Å²) in [5, 5.41) is 4.86. The summed E-state index contributed by atoms with van der Waals surface area (Å²) in [5.41, 5.74) is 4.67. The Morgan fingerprint density at radius 3 is 2.74 bits per heavy atom. The van der Waals surface area contributed by atoms with Gasteiger partial charge in [0.25, 0.3) is 0 Å². The van der Waals surface area contributed by atoms with Crippen molar-refractivity contribution in [2.45, 2.75) is 47.8 Å². The summed E-state index contributed by atoms with van der Waals surface area (Å²) in [6.07, 6.45) is 4.98. The number of pyridine rings is 2. The topological polar surface area (TPSA) is 76.5 Å². The van der Waals surface area contributed by atoms with Crippen LogP contribution in [0.25, 0.3) is 16.6 Å². The van der Waals surface area contributed by atoms with E-state index in [0.717, 1.165) is 27.8 Å². The van der Waals surface area contributed by atoms with Crippen molar-refractivity contribution in [3.63, 3.8) is 0 Å². The van der Waals surface area contributed by atoms with Gasteiger partial charge in [-0.3, -0.25) is 14.8 Å². The highest BCUT2D eigenvalue weighted by Gasteiger charge is 2.16. The van der Waals surface area contributed by atoms with E-state index in [4.69, 9.17) is 32.9 Å². The van der Waals surface area contributed by atoms with Gasteiger partial charge in [-0.15, -0.1) is 0 Å². The van der Waals surface area contributed by atoms with Gasteiger partial charge in [-0.1, -0.05) is 49.2 Å². The maximum absolute atomic E-state index is 12.0. The fourth-order valence-electron chi connectivity index (χ4n) is 3.49. The number of aromatic nitrogens is 2. The summed E-state index contributed by atoms with van der Waals surface area (Å²) in [4.78, 5) is 25.4. The predicted octanol–water partition coefficient (Wildman–Crippen LogP) is 6.46. The molecule has 34 heavy (non-hydrogen) atoms. The molecule has 1 amide bonds. The second-order valence-corrected chi connectivity index (χ2v) is 9.13. The summed E-state index contributed by atoms with van der Waals surface area (Å²) < 4.78 is 6.22. The van der Waals surface area contributed by atoms with Gasteiger partial charge >= 0.3 is 0 Å². The molecule has 0 atom stereocenters. The van der Waals surface area contributed by atoms with Gasteiger partial charge in [0.05, 0.1) is 10.7 Å². The minimum absolute atomic E-state index is 0.0405. The van der Waals surface area contributed by atoms with Crippen LogP contribution in [0.3, 0.4) is 0 Å². The van der Waals surface area contributed by atoms with Crippen LogP contribution in [0, 0.1) is 12.8 Å². The van der Waals surface area contributed by atoms with Gasteiger partial charge in [-0.05, 0) is 38.5 Å². The van der Waals surface area contributed by atoms with Crippen LogP contribution >= 0.6 is 23.2 Å². The lowest BCUT2D eigenvalue weighted by molar-refractivity contribution is -0.124. The number of carbonyl (C=O) groups is 1. The van der Waals surface area contributed by atoms with Gasteiger partial charge in [0.1, 0.15) is 17.9 Å². The Kier molecular flexibility index (Phi) is 8.64. The third-order valence-corrected chi connectivity index (χ3v) is 5.72. The molecule has 3 rings (SSSR count). The first-order valence-electron chi connectivity index (χ1n) is 11.0.